The van der Waals surface area contributed by atoms with Crippen molar-refractivity contribution in [2.75, 3.05) is 33.4 Å². The van der Waals surface area contributed by atoms with Gasteiger partial charge in [0.1, 0.15) is 18.1 Å². The van der Waals surface area contributed by atoms with Gasteiger partial charge < -0.3 is 19.1 Å². The summed E-state index contributed by atoms with van der Waals surface area (Å²) in [6, 6.07) is 7.75. The fraction of sp³-hybridized carbons (Fsp3) is 0.438. The highest BCUT2D eigenvalue weighted by atomic mass is 16.6. The lowest BCUT2D eigenvalue weighted by molar-refractivity contribution is 0.0246. The molecule has 1 aromatic carbocycles. The van der Waals surface area contributed by atoms with Gasteiger partial charge in [-0.3, -0.25) is 0 Å². The third kappa shape index (κ3) is 4.23. The fourth-order valence-corrected chi connectivity index (χ4v) is 2.41. The zero-order valence-corrected chi connectivity index (χ0v) is 13.6. The first-order chi connectivity index (χ1) is 11.7. The Balaban J connectivity index is 1.52. The van der Waals surface area contributed by atoms with Crippen molar-refractivity contribution < 1.29 is 19.0 Å². The summed E-state index contributed by atoms with van der Waals surface area (Å²) in [6.07, 6.45) is 1.42. The maximum absolute atomic E-state index is 11.9. The maximum Gasteiger partial charge on any atom is 0.410 e. The van der Waals surface area contributed by atoms with Gasteiger partial charge in [0.2, 0.25) is 0 Å². The Labute approximate surface area is 139 Å². The fourth-order valence-electron chi connectivity index (χ4n) is 2.41. The van der Waals surface area contributed by atoms with Gasteiger partial charge in [0.15, 0.2) is 0 Å². The quantitative estimate of drug-likeness (QED) is 0.821. The number of nitrogens with zero attached hydrogens (tertiary/aromatic N) is 4. The highest BCUT2D eigenvalue weighted by Crippen LogP contribution is 2.13. The third-order valence-electron chi connectivity index (χ3n) is 3.68. The molecule has 0 saturated carbocycles. The normalized spacial score (nSPS) is 14.5. The molecule has 8 nitrogen and oxygen atoms in total. The Morgan fingerprint density at radius 3 is 2.96 bits per heavy atom. The van der Waals surface area contributed by atoms with Crippen LogP contribution in [-0.4, -0.2) is 59.4 Å². The van der Waals surface area contributed by atoms with E-state index < -0.39 is 0 Å². The van der Waals surface area contributed by atoms with Crippen molar-refractivity contribution in [3.05, 3.63) is 41.7 Å². The average Bonchev–Trinajstić information content (AvgIpc) is 3.08. The van der Waals surface area contributed by atoms with Crippen LogP contribution in [0.15, 0.2) is 30.5 Å². The lowest BCUT2D eigenvalue weighted by atomic mass is 10.2. The molecule has 1 aliphatic rings. The third-order valence-corrected chi connectivity index (χ3v) is 3.68. The van der Waals surface area contributed by atoms with Gasteiger partial charge in [-0.1, -0.05) is 17.3 Å². The molecule has 2 aromatic rings. The molecule has 0 spiro atoms. The van der Waals surface area contributed by atoms with Crippen molar-refractivity contribution in [3.8, 4) is 5.75 Å². The van der Waals surface area contributed by atoms with E-state index in [0.29, 0.717) is 38.5 Å². The van der Waals surface area contributed by atoms with Gasteiger partial charge in [-0.05, 0) is 17.7 Å². The van der Waals surface area contributed by atoms with Crippen molar-refractivity contribution in [1.82, 2.24) is 19.9 Å². The number of aromatic nitrogens is 3. The molecule has 0 radical (unpaired) electrons. The van der Waals surface area contributed by atoms with E-state index in [9.17, 15) is 4.79 Å². The summed E-state index contributed by atoms with van der Waals surface area (Å²) in [7, 11) is 1.63. The molecule has 128 valence electrons. The molecule has 8 heteroatoms. The van der Waals surface area contributed by atoms with Gasteiger partial charge in [0.05, 0.1) is 33.1 Å². The zero-order valence-electron chi connectivity index (χ0n) is 13.6. The molecule has 1 saturated heterocycles. The number of methoxy groups -OCH3 is 1. The molecule has 1 amide bonds. The summed E-state index contributed by atoms with van der Waals surface area (Å²) in [5.74, 6) is 0.798. The van der Waals surface area contributed by atoms with E-state index >= 15 is 0 Å². The van der Waals surface area contributed by atoms with Gasteiger partial charge in [-0.15, -0.1) is 5.10 Å². The first-order valence-electron chi connectivity index (χ1n) is 7.76. The van der Waals surface area contributed by atoms with E-state index in [4.69, 9.17) is 14.2 Å². The lowest BCUT2D eigenvalue weighted by Gasteiger charge is -2.25. The largest absolute Gasteiger partial charge is 0.497 e. The summed E-state index contributed by atoms with van der Waals surface area (Å²) in [5.41, 5.74) is 1.66. The van der Waals surface area contributed by atoms with E-state index in [1.807, 2.05) is 24.3 Å². The number of carbonyl (C=O) groups is 1. The summed E-state index contributed by atoms with van der Waals surface area (Å²) in [4.78, 5) is 13.5. The Hall–Kier alpha value is -2.61. The van der Waals surface area contributed by atoms with Crippen LogP contribution in [0.5, 0.6) is 5.75 Å². The van der Waals surface area contributed by atoms with Crippen LogP contribution in [-0.2, 0) is 22.6 Å². The molecule has 24 heavy (non-hydrogen) atoms. The van der Waals surface area contributed by atoms with E-state index in [2.05, 4.69) is 10.3 Å². The molecule has 1 aromatic heterocycles. The summed E-state index contributed by atoms with van der Waals surface area (Å²) in [5, 5.41) is 8.09. The smallest absolute Gasteiger partial charge is 0.410 e. The highest BCUT2D eigenvalue weighted by Gasteiger charge is 2.18. The molecule has 0 bridgehead atoms. The Bertz CT molecular complexity index is 682. The van der Waals surface area contributed by atoms with Gasteiger partial charge in [0, 0.05) is 13.1 Å². The molecule has 0 N–H and O–H groups in total. The van der Waals surface area contributed by atoms with E-state index in [0.717, 1.165) is 11.3 Å². The number of amides is 1. The Morgan fingerprint density at radius 1 is 1.33 bits per heavy atom. The Morgan fingerprint density at radius 2 is 2.17 bits per heavy atom. The van der Waals surface area contributed by atoms with Crippen molar-refractivity contribution in [2.24, 2.45) is 0 Å². The SMILES string of the molecule is COc1cccc(Cn2cc(COC(=O)N3CCOCC3)nn2)c1. The summed E-state index contributed by atoms with van der Waals surface area (Å²) in [6.45, 7) is 2.89. The van der Waals surface area contributed by atoms with Gasteiger partial charge in [-0.25, -0.2) is 9.48 Å². The van der Waals surface area contributed by atoms with Crippen LogP contribution in [0.1, 0.15) is 11.3 Å². The first-order valence-corrected chi connectivity index (χ1v) is 7.76. The van der Waals surface area contributed by atoms with Crippen LogP contribution in [0.25, 0.3) is 0 Å². The van der Waals surface area contributed by atoms with Crippen molar-refractivity contribution >= 4 is 6.09 Å². The standard InChI is InChI=1S/C16H20N4O4/c1-22-15-4-2-3-13(9-15)10-20-11-14(17-18-20)12-24-16(21)19-5-7-23-8-6-19/h2-4,9,11H,5-8,10,12H2,1H3. The molecule has 2 heterocycles. The van der Waals surface area contributed by atoms with Gasteiger partial charge in [-0.2, -0.15) is 0 Å². The number of carbonyl (C=O) groups excluding carboxylic acids is 1. The van der Waals surface area contributed by atoms with Crippen LogP contribution in [0.3, 0.4) is 0 Å². The number of morpholine rings is 1. The number of rotatable bonds is 5. The van der Waals surface area contributed by atoms with E-state index in [-0.39, 0.29) is 12.7 Å². The molecule has 0 aliphatic carbocycles. The molecular formula is C16H20N4O4. The second-order valence-electron chi connectivity index (χ2n) is 5.41. The first kappa shape index (κ1) is 16.3. The molecule has 1 fully saturated rings. The van der Waals surface area contributed by atoms with Crippen LogP contribution < -0.4 is 4.74 Å². The Kier molecular flexibility index (Phi) is 5.27. The van der Waals surface area contributed by atoms with Crippen LogP contribution in [0.2, 0.25) is 0 Å². The number of ether oxygens (including phenoxy) is 3. The van der Waals surface area contributed by atoms with Gasteiger partial charge in [0.25, 0.3) is 0 Å². The molecule has 1 aliphatic heterocycles. The minimum atomic E-state index is -0.347. The second-order valence-corrected chi connectivity index (χ2v) is 5.41. The van der Waals surface area contributed by atoms with Crippen LogP contribution >= 0.6 is 0 Å². The minimum absolute atomic E-state index is 0.105. The molecule has 0 atom stereocenters. The van der Waals surface area contributed by atoms with Crippen molar-refractivity contribution in [1.29, 1.82) is 0 Å². The average molecular weight is 332 g/mol. The second kappa shape index (κ2) is 7.78. The topological polar surface area (TPSA) is 78.7 Å². The van der Waals surface area contributed by atoms with E-state index in [1.165, 1.54) is 0 Å². The lowest BCUT2D eigenvalue weighted by Crippen LogP contribution is -2.40. The minimum Gasteiger partial charge on any atom is -0.497 e. The number of benzene rings is 1. The number of hydrogen-bond acceptors (Lipinski definition) is 6. The highest BCUT2D eigenvalue weighted by molar-refractivity contribution is 5.67. The molecular weight excluding hydrogens is 312 g/mol. The molecule has 3 rings (SSSR count). The monoisotopic (exact) mass is 332 g/mol. The number of hydrogen-bond donors (Lipinski definition) is 0. The van der Waals surface area contributed by atoms with Crippen molar-refractivity contribution in [2.45, 2.75) is 13.2 Å². The predicted octanol–water partition coefficient (Wildman–Crippen LogP) is 1.30. The zero-order chi connectivity index (χ0) is 16.8. The predicted molar refractivity (Wildman–Crippen MR) is 84.7 cm³/mol. The van der Waals surface area contributed by atoms with Crippen LogP contribution in [0.4, 0.5) is 4.79 Å². The molecule has 0 unspecified atom stereocenters. The van der Waals surface area contributed by atoms with Crippen LogP contribution in [0, 0.1) is 0 Å². The summed E-state index contributed by atoms with van der Waals surface area (Å²) >= 11 is 0. The summed E-state index contributed by atoms with van der Waals surface area (Å²) < 4.78 is 17.4. The van der Waals surface area contributed by atoms with Crippen molar-refractivity contribution in [3.63, 3.8) is 0 Å². The maximum atomic E-state index is 11.9. The van der Waals surface area contributed by atoms with E-state index in [1.54, 1.807) is 22.9 Å². The van der Waals surface area contributed by atoms with Gasteiger partial charge >= 0.3 is 6.09 Å².